The van der Waals surface area contributed by atoms with Crippen LogP contribution in [0.15, 0.2) is 48.7 Å². The van der Waals surface area contributed by atoms with E-state index < -0.39 is 0 Å². The Hall–Kier alpha value is -3.02. The van der Waals surface area contributed by atoms with Crippen molar-refractivity contribution in [3.63, 3.8) is 0 Å². The molecular weight excluding hydrogens is 343 g/mol. The van der Waals surface area contributed by atoms with E-state index in [1.807, 2.05) is 36.1 Å². The minimum atomic E-state index is -0.244. The van der Waals surface area contributed by atoms with Gasteiger partial charge in [-0.2, -0.15) is 5.10 Å². The Morgan fingerprint density at radius 2 is 2.15 bits per heavy atom. The molecule has 3 heterocycles. The molecule has 0 saturated carbocycles. The third-order valence-electron chi connectivity index (χ3n) is 5.02. The first-order valence-corrected chi connectivity index (χ1v) is 9.13. The quantitative estimate of drug-likeness (QED) is 0.765. The predicted molar refractivity (Wildman–Crippen MR) is 99.8 cm³/mol. The van der Waals surface area contributed by atoms with Gasteiger partial charge in [0.25, 0.3) is 5.91 Å². The van der Waals surface area contributed by atoms with E-state index in [0.717, 1.165) is 35.5 Å². The number of benzene rings is 1. The average Bonchev–Trinajstić information content (AvgIpc) is 3.30. The monoisotopic (exact) mass is 364 g/mol. The molecular formula is C21H21FN4O. The molecule has 0 aliphatic carbocycles. The maximum Gasteiger partial charge on any atom is 0.257 e. The lowest BCUT2D eigenvalue weighted by atomic mass is 10.1. The highest BCUT2D eigenvalue weighted by Gasteiger charge is 2.32. The number of halogens is 1. The van der Waals surface area contributed by atoms with Gasteiger partial charge in [0.2, 0.25) is 0 Å². The number of rotatable bonds is 4. The molecule has 3 aromatic rings. The van der Waals surface area contributed by atoms with Crippen molar-refractivity contribution in [1.82, 2.24) is 20.1 Å². The van der Waals surface area contributed by atoms with Crippen molar-refractivity contribution in [2.24, 2.45) is 0 Å². The molecule has 0 bridgehead atoms. The van der Waals surface area contributed by atoms with Crippen LogP contribution in [0.25, 0.3) is 0 Å². The summed E-state index contributed by atoms with van der Waals surface area (Å²) in [5.41, 5.74) is 4.03. The number of pyridine rings is 1. The fraction of sp³-hybridized carbons (Fsp3) is 0.286. The Labute approximate surface area is 157 Å². The number of carbonyl (C=O) groups is 1. The number of aryl methyl sites for hydroxylation is 1. The number of H-pyrrole nitrogens is 1. The van der Waals surface area contributed by atoms with Gasteiger partial charge in [0.15, 0.2) is 0 Å². The van der Waals surface area contributed by atoms with Crippen molar-refractivity contribution < 1.29 is 9.18 Å². The Bertz CT molecular complexity index is 968. The first kappa shape index (κ1) is 17.4. The summed E-state index contributed by atoms with van der Waals surface area (Å²) in [5.74, 6) is -0.257. The largest absolute Gasteiger partial charge is 0.330 e. The zero-order valence-corrected chi connectivity index (χ0v) is 15.2. The van der Waals surface area contributed by atoms with Crippen LogP contribution in [-0.2, 0) is 6.42 Å². The number of aromatic amines is 1. The van der Waals surface area contributed by atoms with Gasteiger partial charge in [0.1, 0.15) is 5.82 Å². The van der Waals surface area contributed by atoms with Crippen molar-refractivity contribution in [1.29, 1.82) is 0 Å². The van der Waals surface area contributed by atoms with E-state index in [4.69, 9.17) is 4.98 Å². The van der Waals surface area contributed by atoms with Crippen molar-refractivity contribution >= 4 is 5.91 Å². The molecule has 4 rings (SSSR count). The minimum absolute atomic E-state index is 0.0129. The summed E-state index contributed by atoms with van der Waals surface area (Å²) >= 11 is 0. The molecule has 27 heavy (non-hydrogen) atoms. The third-order valence-corrected chi connectivity index (χ3v) is 5.02. The molecule has 2 aromatic heterocycles. The SMILES string of the molecule is Cc1[nH]ncc1C(=O)N1CCC[C@@H]1c1cccc(Cc2cccc(F)c2)n1. The second-order valence-electron chi connectivity index (χ2n) is 6.93. The predicted octanol–water partition coefficient (Wildman–Crippen LogP) is 3.82. The van der Waals surface area contributed by atoms with Crippen LogP contribution in [0.2, 0.25) is 0 Å². The number of likely N-dealkylation sites (tertiary alicyclic amines) is 1. The number of hydrogen-bond donors (Lipinski definition) is 1. The van der Waals surface area contributed by atoms with Gasteiger partial charge >= 0.3 is 0 Å². The fourth-order valence-corrected chi connectivity index (χ4v) is 3.68. The van der Waals surface area contributed by atoms with E-state index in [2.05, 4.69) is 10.2 Å². The zero-order valence-electron chi connectivity index (χ0n) is 15.2. The highest BCUT2D eigenvalue weighted by molar-refractivity contribution is 5.95. The van der Waals surface area contributed by atoms with Crippen LogP contribution in [0.1, 0.15) is 51.9 Å². The van der Waals surface area contributed by atoms with E-state index in [0.29, 0.717) is 18.5 Å². The summed E-state index contributed by atoms with van der Waals surface area (Å²) in [6.45, 7) is 2.56. The van der Waals surface area contributed by atoms with Crippen LogP contribution in [0.3, 0.4) is 0 Å². The lowest BCUT2D eigenvalue weighted by molar-refractivity contribution is 0.0732. The second kappa shape index (κ2) is 7.31. The summed E-state index contributed by atoms with van der Waals surface area (Å²) in [4.78, 5) is 19.6. The smallest absolute Gasteiger partial charge is 0.257 e. The van der Waals surface area contributed by atoms with Crippen LogP contribution in [-0.4, -0.2) is 32.5 Å². The Morgan fingerprint density at radius 1 is 1.30 bits per heavy atom. The van der Waals surface area contributed by atoms with E-state index in [-0.39, 0.29) is 17.8 Å². The van der Waals surface area contributed by atoms with Gasteiger partial charge in [0, 0.05) is 24.4 Å². The Morgan fingerprint density at radius 3 is 2.93 bits per heavy atom. The van der Waals surface area contributed by atoms with Crippen molar-refractivity contribution in [3.05, 3.63) is 82.7 Å². The molecule has 1 saturated heterocycles. The molecule has 1 amide bonds. The number of nitrogens with one attached hydrogen (secondary N) is 1. The average molecular weight is 364 g/mol. The zero-order chi connectivity index (χ0) is 18.8. The molecule has 5 nitrogen and oxygen atoms in total. The molecule has 0 radical (unpaired) electrons. The van der Waals surface area contributed by atoms with Crippen LogP contribution in [0, 0.1) is 12.7 Å². The molecule has 0 unspecified atom stereocenters. The molecule has 1 N–H and O–H groups in total. The van der Waals surface area contributed by atoms with Gasteiger partial charge in [-0.15, -0.1) is 0 Å². The van der Waals surface area contributed by atoms with Gasteiger partial charge in [-0.25, -0.2) is 4.39 Å². The first-order chi connectivity index (χ1) is 13.1. The number of aromatic nitrogens is 3. The summed E-state index contributed by atoms with van der Waals surface area (Å²) in [5, 5.41) is 6.79. The molecule has 1 aliphatic rings. The van der Waals surface area contributed by atoms with Crippen molar-refractivity contribution in [2.75, 3.05) is 6.54 Å². The number of amides is 1. The summed E-state index contributed by atoms with van der Waals surface area (Å²) < 4.78 is 13.4. The molecule has 1 aromatic carbocycles. The molecule has 0 spiro atoms. The molecule has 1 aliphatic heterocycles. The fourth-order valence-electron chi connectivity index (χ4n) is 3.68. The lowest BCUT2D eigenvalue weighted by Gasteiger charge is -2.24. The molecule has 6 heteroatoms. The van der Waals surface area contributed by atoms with E-state index >= 15 is 0 Å². The van der Waals surface area contributed by atoms with E-state index in [1.165, 1.54) is 12.1 Å². The standard InChI is InChI=1S/C21H21FN4O/c1-14-18(13-23-25-14)21(27)26-10-4-9-20(26)19-8-3-7-17(24-19)12-15-5-2-6-16(22)11-15/h2-3,5-8,11,13,20H,4,9-10,12H2,1H3,(H,23,25)/t20-/m1/s1. The highest BCUT2D eigenvalue weighted by atomic mass is 19.1. The van der Waals surface area contributed by atoms with Crippen LogP contribution >= 0.6 is 0 Å². The summed E-state index contributed by atoms with van der Waals surface area (Å²) in [7, 11) is 0. The third kappa shape index (κ3) is 3.60. The normalized spacial score (nSPS) is 16.7. The Balaban J connectivity index is 1.57. The molecule has 1 atom stereocenters. The topological polar surface area (TPSA) is 61.9 Å². The highest BCUT2D eigenvalue weighted by Crippen LogP contribution is 2.32. The van der Waals surface area contributed by atoms with Crippen LogP contribution in [0.5, 0.6) is 0 Å². The van der Waals surface area contributed by atoms with Gasteiger partial charge in [-0.05, 0) is 49.6 Å². The van der Waals surface area contributed by atoms with Crippen molar-refractivity contribution in [2.45, 2.75) is 32.2 Å². The van der Waals surface area contributed by atoms with Gasteiger partial charge < -0.3 is 4.90 Å². The number of hydrogen-bond acceptors (Lipinski definition) is 3. The van der Waals surface area contributed by atoms with Gasteiger partial charge in [0.05, 0.1) is 23.5 Å². The Kier molecular flexibility index (Phi) is 4.71. The van der Waals surface area contributed by atoms with Crippen LogP contribution in [0.4, 0.5) is 4.39 Å². The number of nitrogens with zero attached hydrogens (tertiary/aromatic N) is 3. The van der Waals surface area contributed by atoms with Gasteiger partial charge in [-0.1, -0.05) is 18.2 Å². The molecule has 1 fully saturated rings. The minimum Gasteiger partial charge on any atom is -0.330 e. The van der Waals surface area contributed by atoms with Gasteiger partial charge in [-0.3, -0.25) is 14.9 Å². The maximum atomic E-state index is 13.4. The summed E-state index contributed by atoms with van der Waals surface area (Å²) in [6, 6.07) is 12.4. The van der Waals surface area contributed by atoms with Crippen LogP contribution < -0.4 is 0 Å². The molecule has 138 valence electrons. The maximum absolute atomic E-state index is 13.4. The second-order valence-corrected chi connectivity index (χ2v) is 6.93. The van der Waals surface area contributed by atoms with E-state index in [9.17, 15) is 9.18 Å². The summed E-state index contributed by atoms with van der Waals surface area (Å²) in [6.07, 6.45) is 3.98. The van der Waals surface area contributed by atoms with E-state index in [1.54, 1.807) is 12.3 Å². The lowest BCUT2D eigenvalue weighted by Crippen LogP contribution is -2.31. The number of carbonyl (C=O) groups excluding carboxylic acids is 1. The first-order valence-electron chi connectivity index (χ1n) is 9.13. The van der Waals surface area contributed by atoms with Crippen molar-refractivity contribution in [3.8, 4) is 0 Å².